The number of carbonyl (C=O) groups excluding carboxylic acids is 1. The zero-order chi connectivity index (χ0) is 9.84. The van der Waals surface area contributed by atoms with E-state index in [2.05, 4.69) is 0 Å². The molecule has 0 aromatic rings. The zero-order valence-corrected chi connectivity index (χ0v) is 8.07. The fourth-order valence-corrected chi connectivity index (χ4v) is 1.65. The van der Waals surface area contributed by atoms with Crippen LogP contribution in [-0.4, -0.2) is 35.2 Å². The first-order chi connectivity index (χ1) is 6.13. The highest BCUT2D eigenvalue weighted by molar-refractivity contribution is 5.76. The minimum Gasteiger partial charge on any atom is -0.378 e. The first-order valence-electron chi connectivity index (χ1n) is 4.84. The Labute approximate surface area is 78.7 Å². The predicted molar refractivity (Wildman–Crippen MR) is 49.8 cm³/mol. The smallest absolute Gasteiger partial charge is 0.224 e. The number of likely N-dealkylation sites (tertiary alicyclic amines) is 1. The van der Waals surface area contributed by atoms with E-state index < -0.39 is 18.1 Å². The molecule has 0 spiro atoms. The van der Waals surface area contributed by atoms with Crippen LogP contribution in [0.4, 0.5) is 0 Å². The van der Waals surface area contributed by atoms with Gasteiger partial charge in [0, 0.05) is 13.1 Å². The number of piperidine rings is 1. The van der Waals surface area contributed by atoms with Gasteiger partial charge in [-0.1, -0.05) is 6.42 Å². The topological polar surface area (TPSA) is 66.6 Å². The van der Waals surface area contributed by atoms with Crippen LogP contribution in [0.25, 0.3) is 0 Å². The second-order valence-corrected chi connectivity index (χ2v) is 3.70. The summed E-state index contributed by atoms with van der Waals surface area (Å²) in [5, 5.41) is 9.74. The standard InChI is InChI=1S/C9H18N2O2/c1-7(8(10)12)9(13)11-5-3-2-4-6-11/h7,9,13H,2-6H2,1H3,(H2,10,12). The Balaban J connectivity index is 2.44. The van der Waals surface area contributed by atoms with Gasteiger partial charge in [-0.2, -0.15) is 0 Å². The van der Waals surface area contributed by atoms with Gasteiger partial charge in [0.15, 0.2) is 0 Å². The molecule has 0 aliphatic carbocycles. The molecule has 1 aliphatic rings. The van der Waals surface area contributed by atoms with E-state index in [1.54, 1.807) is 6.92 Å². The van der Waals surface area contributed by atoms with Crippen LogP contribution < -0.4 is 5.73 Å². The van der Waals surface area contributed by atoms with Crippen LogP contribution in [-0.2, 0) is 4.79 Å². The Bertz CT molecular complexity index is 178. The van der Waals surface area contributed by atoms with E-state index in [1.165, 1.54) is 6.42 Å². The van der Waals surface area contributed by atoms with Crippen molar-refractivity contribution in [2.75, 3.05) is 13.1 Å². The largest absolute Gasteiger partial charge is 0.378 e. The molecule has 0 radical (unpaired) electrons. The normalized spacial score (nSPS) is 23.8. The maximum absolute atomic E-state index is 10.8. The van der Waals surface area contributed by atoms with Crippen LogP contribution in [0.2, 0.25) is 0 Å². The summed E-state index contributed by atoms with van der Waals surface area (Å²) in [6.45, 7) is 3.42. The van der Waals surface area contributed by atoms with E-state index in [1.807, 2.05) is 4.90 Å². The molecule has 0 saturated carbocycles. The molecule has 13 heavy (non-hydrogen) atoms. The van der Waals surface area contributed by atoms with Crippen LogP contribution in [0, 0.1) is 5.92 Å². The number of rotatable bonds is 3. The fourth-order valence-electron chi connectivity index (χ4n) is 1.65. The second kappa shape index (κ2) is 4.58. The summed E-state index contributed by atoms with van der Waals surface area (Å²) in [5.74, 6) is -0.906. The van der Waals surface area contributed by atoms with Crippen molar-refractivity contribution in [1.82, 2.24) is 4.90 Å². The highest BCUT2D eigenvalue weighted by Gasteiger charge is 2.26. The number of nitrogens with zero attached hydrogens (tertiary/aromatic N) is 1. The third-order valence-electron chi connectivity index (χ3n) is 2.66. The van der Waals surface area contributed by atoms with Gasteiger partial charge in [0.1, 0.15) is 6.23 Å². The lowest BCUT2D eigenvalue weighted by atomic mass is 10.1. The lowest BCUT2D eigenvalue weighted by Crippen LogP contribution is -2.46. The van der Waals surface area contributed by atoms with Crippen molar-refractivity contribution in [3.63, 3.8) is 0 Å². The van der Waals surface area contributed by atoms with Crippen molar-refractivity contribution in [2.45, 2.75) is 32.4 Å². The van der Waals surface area contributed by atoms with Crippen molar-refractivity contribution in [3.05, 3.63) is 0 Å². The predicted octanol–water partition coefficient (Wildman–Crippen LogP) is -0.0879. The molecule has 4 heteroatoms. The van der Waals surface area contributed by atoms with E-state index >= 15 is 0 Å². The summed E-state index contributed by atoms with van der Waals surface area (Å²) in [6.07, 6.45) is 2.72. The third kappa shape index (κ3) is 2.67. The van der Waals surface area contributed by atoms with Crippen LogP contribution in [0.5, 0.6) is 0 Å². The number of hydrogen-bond donors (Lipinski definition) is 2. The molecule has 4 nitrogen and oxygen atoms in total. The van der Waals surface area contributed by atoms with Gasteiger partial charge in [-0.05, 0) is 19.8 Å². The Kier molecular flexibility index (Phi) is 3.69. The average molecular weight is 186 g/mol. The molecular weight excluding hydrogens is 168 g/mol. The van der Waals surface area contributed by atoms with E-state index in [0.717, 1.165) is 25.9 Å². The van der Waals surface area contributed by atoms with Gasteiger partial charge in [-0.3, -0.25) is 9.69 Å². The molecule has 1 amide bonds. The Morgan fingerprint density at radius 1 is 1.38 bits per heavy atom. The average Bonchev–Trinajstić information content (AvgIpc) is 2.17. The minimum absolute atomic E-state index is 0.432. The van der Waals surface area contributed by atoms with Gasteiger partial charge < -0.3 is 10.8 Å². The highest BCUT2D eigenvalue weighted by Crippen LogP contribution is 2.15. The Morgan fingerprint density at radius 3 is 2.38 bits per heavy atom. The molecule has 0 aromatic heterocycles. The first kappa shape index (κ1) is 10.5. The number of carbonyl (C=O) groups is 1. The van der Waals surface area contributed by atoms with Crippen LogP contribution in [0.1, 0.15) is 26.2 Å². The van der Waals surface area contributed by atoms with E-state index in [-0.39, 0.29) is 0 Å². The van der Waals surface area contributed by atoms with Gasteiger partial charge in [-0.15, -0.1) is 0 Å². The summed E-state index contributed by atoms with van der Waals surface area (Å²) < 4.78 is 0. The van der Waals surface area contributed by atoms with Crippen molar-refractivity contribution in [1.29, 1.82) is 0 Å². The Hall–Kier alpha value is -0.610. The molecular formula is C9H18N2O2. The second-order valence-electron chi connectivity index (χ2n) is 3.70. The SMILES string of the molecule is CC(C(N)=O)C(O)N1CCCCC1. The van der Waals surface area contributed by atoms with Gasteiger partial charge in [0.25, 0.3) is 0 Å². The zero-order valence-electron chi connectivity index (χ0n) is 8.07. The Morgan fingerprint density at radius 2 is 1.92 bits per heavy atom. The molecule has 2 unspecified atom stereocenters. The number of primary amides is 1. The van der Waals surface area contributed by atoms with Crippen molar-refractivity contribution in [3.8, 4) is 0 Å². The van der Waals surface area contributed by atoms with E-state index in [4.69, 9.17) is 5.73 Å². The number of amides is 1. The van der Waals surface area contributed by atoms with Crippen molar-refractivity contribution in [2.24, 2.45) is 11.7 Å². The molecule has 1 saturated heterocycles. The van der Waals surface area contributed by atoms with Gasteiger partial charge in [0.2, 0.25) is 5.91 Å². The number of aliphatic hydroxyl groups is 1. The molecule has 1 aliphatic heterocycles. The minimum atomic E-state index is -0.696. The third-order valence-corrected chi connectivity index (χ3v) is 2.66. The lowest BCUT2D eigenvalue weighted by Gasteiger charge is -2.33. The van der Waals surface area contributed by atoms with Crippen molar-refractivity contribution >= 4 is 5.91 Å². The van der Waals surface area contributed by atoms with Gasteiger partial charge in [-0.25, -0.2) is 0 Å². The number of hydrogen-bond acceptors (Lipinski definition) is 3. The van der Waals surface area contributed by atoms with E-state index in [0.29, 0.717) is 0 Å². The van der Waals surface area contributed by atoms with Crippen LogP contribution in [0.3, 0.4) is 0 Å². The molecule has 0 bridgehead atoms. The molecule has 0 aromatic carbocycles. The summed E-state index contributed by atoms with van der Waals surface area (Å²) in [7, 11) is 0. The quantitative estimate of drug-likeness (QED) is 0.647. The molecule has 1 heterocycles. The van der Waals surface area contributed by atoms with Gasteiger partial charge >= 0.3 is 0 Å². The van der Waals surface area contributed by atoms with Crippen LogP contribution >= 0.6 is 0 Å². The summed E-state index contributed by atoms with van der Waals surface area (Å²) in [4.78, 5) is 12.7. The molecule has 76 valence electrons. The summed E-state index contributed by atoms with van der Waals surface area (Å²) in [5.41, 5.74) is 5.12. The highest BCUT2D eigenvalue weighted by atomic mass is 16.3. The molecule has 3 N–H and O–H groups in total. The molecule has 2 atom stereocenters. The van der Waals surface area contributed by atoms with Crippen LogP contribution in [0.15, 0.2) is 0 Å². The monoisotopic (exact) mass is 186 g/mol. The fraction of sp³-hybridized carbons (Fsp3) is 0.889. The molecule has 1 fully saturated rings. The number of aliphatic hydroxyl groups excluding tert-OH is 1. The first-order valence-corrected chi connectivity index (χ1v) is 4.84. The number of nitrogens with two attached hydrogens (primary N) is 1. The lowest BCUT2D eigenvalue weighted by molar-refractivity contribution is -0.131. The molecule has 1 rings (SSSR count). The summed E-state index contributed by atoms with van der Waals surface area (Å²) in [6, 6.07) is 0. The van der Waals surface area contributed by atoms with Gasteiger partial charge in [0.05, 0.1) is 5.92 Å². The summed E-state index contributed by atoms with van der Waals surface area (Å²) >= 11 is 0. The maximum atomic E-state index is 10.8. The van der Waals surface area contributed by atoms with E-state index in [9.17, 15) is 9.90 Å². The maximum Gasteiger partial charge on any atom is 0.224 e. The van der Waals surface area contributed by atoms with Crippen molar-refractivity contribution < 1.29 is 9.90 Å².